The van der Waals surface area contributed by atoms with Gasteiger partial charge in [-0.25, -0.2) is 8.42 Å². The first-order valence-corrected chi connectivity index (χ1v) is 7.53. The van der Waals surface area contributed by atoms with E-state index in [2.05, 4.69) is 5.32 Å². The number of carbonyl (C=O) groups excluding carboxylic acids is 1. The van der Waals surface area contributed by atoms with E-state index in [-0.39, 0.29) is 5.91 Å². The molecular formula is C12H18N2O3S. The summed E-state index contributed by atoms with van der Waals surface area (Å²) in [6.07, 6.45) is 1.97. The van der Waals surface area contributed by atoms with Crippen molar-refractivity contribution in [2.24, 2.45) is 0 Å². The van der Waals surface area contributed by atoms with Crippen molar-refractivity contribution in [2.45, 2.75) is 12.8 Å². The highest BCUT2D eigenvalue weighted by Gasteiger charge is 2.16. The third kappa shape index (κ3) is 4.37. The lowest BCUT2D eigenvalue weighted by Crippen LogP contribution is -2.31. The van der Waals surface area contributed by atoms with Crippen molar-refractivity contribution in [1.29, 1.82) is 0 Å². The highest BCUT2D eigenvalue weighted by Crippen LogP contribution is 2.17. The van der Waals surface area contributed by atoms with Gasteiger partial charge in [-0.1, -0.05) is 18.2 Å². The zero-order valence-corrected chi connectivity index (χ0v) is 11.4. The Bertz CT molecular complexity index is 485. The van der Waals surface area contributed by atoms with E-state index in [0.717, 1.165) is 0 Å². The molecule has 0 aromatic heterocycles. The lowest BCUT2D eigenvalue weighted by atomic mass is 10.2. The topological polar surface area (TPSA) is 66.5 Å². The molecule has 0 bridgehead atoms. The Kier molecular flexibility index (Phi) is 5.15. The second kappa shape index (κ2) is 6.39. The molecule has 1 amide bonds. The molecule has 100 valence electrons. The molecular weight excluding hydrogens is 252 g/mol. The Morgan fingerprint density at radius 2 is 1.89 bits per heavy atom. The lowest BCUT2D eigenvalue weighted by molar-refractivity contribution is -0.120. The summed E-state index contributed by atoms with van der Waals surface area (Å²) in [7, 11) is -1.76. The highest BCUT2D eigenvalue weighted by atomic mass is 32.2. The van der Waals surface area contributed by atoms with Gasteiger partial charge >= 0.3 is 0 Å². The summed E-state index contributed by atoms with van der Waals surface area (Å²) in [6, 6.07) is 8.87. The number of sulfonamides is 1. The average Bonchev–Trinajstić information content (AvgIpc) is 2.33. The molecule has 18 heavy (non-hydrogen) atoms. The van der Waals surface area contributed by atoms with Crippen LogP contribution in [0.3, 0.4) is 0 Å². The Morgan fingerprint density at radius 1 is 1.28 bits per heavy atom. The monoisotopic (exact) mass is 270 g/mol. The second-order valence-corrected chi connectivity index (χ2v) is 5.85. The summed E-state index contributed by atoms with van der Waals surface area (Å²) in [6.45, 7) is 0.302. The second-order valence-electron chi connectivity index (χ2n) is 3.95. The predicted molar refractivity (Wildman–Crippen MR) is 71.9 cm³/mol. The standard InChI is InChI=1S/C12H18N2O3S/c1-13-12(15)9-6-10-14(18(2,16)17)11-7-4-3-5-8-11/h3-5,7-8H,6,9-10H2,1-2H3,(H,13,15). The predicted octanol–water partition coefficient (Wildman–Crippen LogP) is 0.979. The minimum atomic E-state index is -3.32. The molecule has 1 aromatic rings. The summed E-state index contributed by atoms with van der Waals surface area (Å²) >= 11 is 0. The molecule has 0 aliphatic rings. The maximum Gasteiger partial charge on any atom is 0.232 e. The van der Waals surface area contributed by atoms with Gasteiger partial charge in [0.05, 0.1) is 11.9 Å². The molecule has 0 radical (unpaired) electrons. The number of hydrogen-bond acceptors (Lipinski definition) is 3. The number of benzene rings is 1. The molecule has 1 N–H and O–H groups in total. The van der Waals surface area contributed by atoms with Gasteiger partial charge < -0.3 is 5.32 Å². The van der Waals surface area contributed by atoms with Crippen LogP contribution in [-0.2, 0) is 14.8 Å². The van der Waals surface area contributed by atoms with Crippen LogP contribution in [0.2, 0.25) is 0 Å². The van der Waals surface area contributed by atoms with Crippen molar-refractivity contribution in [3.05, 3.63) is 30.3 Å². The summed E-state index contributed by atoms with van der Waals surface area (Å²) in [5.74, 6) is -0.0866. The lowest BCUT2D eigenvalue weighted by Gasteiger charge is -2.22. The van der Waals surface area contributed by atoms with Crippen LogP contribution in [0.5, 0.6) is 0 Å². The van der Waals surface area contributed by atoms with Crippen LogP contribution in [0.1, 0.15) is 12.8 Å². The highest BCUT2D eigenvalue weighted by molar-refractivity contribution is 7.92. The number of rotatable bonds is 6. The number of hydrogen-bond donors (Lipinski definition) is 1. The summed E-state index contributed by atoms with van der Waals surface area (Å²) < 4.78 is 24.7. The van der Waals surface area contributed by atoms with Crippen molar-refractivity contribution in [3.8, 4) is 0 Å². The normalized spacial score (nSPS) is 11.0. The Balaban J connectivity index is 2.73. The van der Waals surface area contributed by atoms with Crippen LogP contribution < -0.4 is 9.62 Å². The van der Waals surface area contributed by atoms with Crippen LogP contribution in [0.25, 0.3) is 0 Å². The number of amides is 1. The zero-order valence-electron chi connectivity index (χ0n) is 10.6. The molecule has 0 aliphatic carbocycles. The van der Waals surface area contributed by atoms with Crippen molar-refractivity contribution < 1.29 is 13.2 Å². The molecule has 0 spiro atoms. The average molecular weight is 270 g/mol. The molecule has 6 heteroatoms. The largest absolute Gasteiger partial charge is 0.359 e. The molecule has 0 fully saturated rings. The molecule has 5 nitrogen and oxygen atoms in total. The number of para-hydroxylation sites is 1. The molecule has 0 saturated heterocycles. The van der Waals surface area contributed by atoms with Gasteiger partial charge in [0.1, 0.15) is 0 Å². The van der Waals surface area contributed by atoms with Crippen molar-refractivity contribution in [3.63, 3.8) is 0 Å². The van der Waals surface area contributed by atoms with Gasteiger partial charge in [0, 0.05) is 20.0 Å². The molecule has 1 aromatic carbocycles. The van der Waals surface area contributed by atoms with E-state index < -0.39 is 10.0 Å². The quantitative estimate of drug-likeness (QED) is 0.838. The first-order valence-electron chi connectivity index (χ1n) is 5.68. The Labute approximate surface area is 108 Å². The fraction of sp³-hybridized carbons (Fsp3) is 0.417. The molecule has 0 aliphatic heterocycles. The van der Waals surface area contributed by atoms with Crippen LogP contribution in [0.4, 0.5) is 5.69 Å². The van der Waals surface area contributed by atoms with E-state index in [9.17, 15) is 13.2 Å². The van der Waals surface area contributed by atoms with Crippen molar-refractivity contribution >= 4 is 21.6 Å². The van der Waals surface area contributed by atoms with E-state index in [1.165, 1.54) is 10.6 Å². The number of nitrogens with one attached hydrogen (secondary N) is 1. The van der Waals surface area contributed by atoms with Gasteiger partial charge in [-0.3, -0.25) is 9.10 Å². The van der Waals surface area contributed by atoms with Gasteiger partial charge in [0.2, 0.25) is 15.9 Å². The molecule has 0 unspecified atom stereocenters. The van der Waals surface area contributed by atoms with E-state index in [0.29, 0.717) is 25.1 Å². The fourth-order valence-corrected chi connectivity index (χ4v) is 2.55. The first kappa shape index (κ1) is 14.5. The Hall–Kier alpha value is -1.56. The van der Waals surface area contributed by atoms with Gasteiger partial charge in [-0.15, -0.1) is 0 Å². The third-order valence-electron chi connectivity index (χ3n) is 2.49. The summed E-state index contributed by atoms with van der Waals surface area (Å²) in [5, 5.41) is 2.51. The van der Waals surface area contributed by atoms with Gasteiger partial charge in [-0.05, 0) is 18.6 Å². The summed E-state index contributed by atoms with van der Waals surface area (Å²) in [5.41, 5.74) is 0.622. The van der Waals surface area contributed by atoms with Crippen molar-refractivity contribution in [1.82, 2.24) is 5.32 Å². The molecule has 0 atom stereocenters. The van der Waals surface area contributed by atoms with Crippen LogP contribution in [0.15, 0.2) is 30.3 Å². The minimum Gasteiger partial charge on any atom is -0.359 e. The first-order chi connectivity index (χ1) is 8.45. The fourth-order valence-electron chi connectivity index (χ4n) is 1.59. The Morgan fingerprint density at radius 3 is 2.39 bits per heavy atom. The molecule has 0 heterocycles. The molecule has 0 saturated carbocycles. The van der Waals surface area contributed by atoms with E-state index in [1.54, 1.807) is 31.3 Å². The maximum atomic E-state index is 11.7. The smallest absolute Gasteiger partial charge is 0.232 e. The number of nitrogens with zero attached hydrogens (tertiary/aromatic N) is 1. The number of anilines is 1. The zero-order chi connectivity index (χ0) is 13.6. The minimum absolute atomic E-state index is 0.0866. The van der Waals surface area contributed by atoms with Crippen LogP contribution in [0, 0.1) is 0 Å². The number of carbonyl (C=O) groups is 1. The van der Waals surface area contributed by atoms with Crippen LogP contribution in [-0.4, -0.2) is 34.2 Å². The summed E-state index contributed by atoms with van der Waals surface area (Å²) in [4.78, 5) is 11.1. The van der Waals surface area contributed by atoms with E-state index in [1.807, 2.05) is 6.07 Å². The maximum absolute atomic E-state index is 11.7. The molecule has 1 rings (SSSR count). The van der Waals surface area contributed by atoms with E-state index >= 15 is 0 Å². The van der Waals surface area contributed by atoms with Crippen LogP contribution >= 0.6 is 0 Å². The van der Waals surface area contributed by atoms with E-state index in [4.69, 9.17) is 0 Å². The SMILES string of the molecule is CNC(=O)CCCN(c1ccccc1)S(C)(=O)=O. The van der Waals surface area contributed by atoms with Gasteiger partial charge in [-0.2, -0.15) is 0 Å². The van der Waals surface area contributed by atoms with Gasteiger partial charge in [0.15, 0.2) is 0 Å². The van der Waals surface area contributed by atoms with Gasteiger partial charge in [0.25, 0.3) is 0 Å². The third-order valence-corrected chi connectivity index (χ3v) is 3.68. The van der Waals surface area contributed by atoms with Crippen molar-refractivity contribution in [2.75, 3.05) is 24.2 Å².